The van der Waals surface area contributed by atoms with Gasteiger partial charge in [-0.1, -0.05) is 31.4 Å². The van der Waals surface area contributed by atoms with E-state index >= 15 is 0 Å². The van der Waals surface area contributed by atoms with Gasteiger partial charge >= 0.3 is 0 Å². The molecule has 5 rings (SSSR count). The predicted molar refractivity (Wildman–Crippen MR) is 123 cm³/mol. The molecule has 3 aromatic rings. The van der Waals surface area contributed by atoms with E-state index in [1.165, 1.54) is 12.8 Å². The van der Waals surface area contributed by atoms with Crippen molar-refractivity contribution >= 4 is 35.0 Å². The average Bonchev–Trinajstić information content (AvgIpc) is 3.51. The molecule has 166 valence electrons. The van der Waals surface area contributed by atoms with Gasteiger partial charge in [0.05, 0.1) is 22.9 Å². The van der Waals surface area contributed by atoms with Gasteiger partial charge < -0.3 is 15.5 Å². The summed E-state index contributed by atoms with van der Waals surface area (Å²) in [4.78, 5) is 23.7. The van der Waals surface area contributed by atoms with Gasteiger partial charge in [-0.2, -0.15) is 4.98 Å². The molecule has 1 aliphatic carbocycles. The second kappa shape index (κ2) is 8.38. The first-order valence-electron chi connectivity index (χ1n) is 10.9. The Labute approximate surface area is 191 Å². The normalized spacial score (nSPS) is 17.7. The largest absolute Gasteiger partial charge is 0.355 e. The number of fused-ring (bicyclic) bond motifs is 3. The van der Waals surface area contributed by atoms with Gasteiger partial charge in [0.1, 0.15) is 12.0 Å². The zero-order chi connectivity index (χ0) is 22.2. The summed E-state index contributed by atoms with van der Waals surface area (Å²) in [6, 6.07) is 5.64. The Kier molecular flexibility index (Phi) is 5.42. The van der Waals surface area contributed by atoms with Gasteiger partial charge in [-0.05, 0) is 37.5 Å². The van der Waals surface area contributed by atoms with E-state index in [4.69, 9.17) is 16.6 Å². The van der Waals surface area contributed by atoms with Crippen molar-refractivity contribution in [1.82, 2.24) is 30.0 Å². The Morgan fingerprint density at radius 2 is 2.09 bits per heavy atom. The van der Waals surface area contributed by atoms with Crippen LogP contribution < -0.4 is 15.5 Å². The van der Waals surface area contributed by atoms with E-state index in [1.54, 1.807) is 37.8 Å². The smallest absolute Gasteiger partial charge is 0.251 e. The number of hydrogen-bond donors (Lipinski definition) is 2. The number of aromatic nitrogens is 5. The van der Waals surface area contributed by atoms with Crippen molar-refractivity contribution in [3.05, 3.63) is 47.1 Å². The van der Waals surface area contributed by atoms with Crippen LogP contribution in [-0.2, 0) is 0 Å². The van der Waals surface area contributed by atoms with E-state index in [-0.39, 0.29) is 11.9 Å². The van der Waals surface area contributed by atoms with E-state index in [0.717, 1.165) is 36.6 Å². The molecule has 32 heavy (non-hydrogen) atoms. The third-order valence-corrected chi connectivity index (χ3v) is 6.58. The summed E-state index contributed by atoms with van der Waals surface area (Å²) in [6.45, 7) is 2.17. The third-order valence-electron chi connectivity index (χ3n) is 6.27. The number of hydrogen-bond acceptors (Lipinski definition) is 7. The predicted octanol–water partition coefficient (Wildman–Crippen LogP) is 4.03. The van der Waals surface area contributed by atoms with Gasteiger partial charge in [-0.25, -0.2) is 4.98 Å². The van der Waals surface area contributed by atoms with Gasteiger partial charge in [0.15, 0.2) is 11.6 Å². The lowest BCUT2D eigenvalue weighted by Crippen LogP contribution is -2.42. The molecule has 2 aliphatic rings. The minimum atomic E-state index is -0.189. The number of benzene rings is 1. The zero-order valence-electron chi connectivity index (χ0n) is 18.0. The van der Waals surface area contributed by atoms with Crippen LogP contribution in [0.25, 0.3) is 5.69 Å². The lowest BCUT2D eigenvalue weighted by Gasteiger charge is -2.40. The summed E-state index contributed by atoms with van der Waals surface area (Å²) < 4.78 is 1.99. The van der Waals surface area contributed by atoms with Crippen LogP contribution in [0.15, 0.2) is 30.7 Å². The Bertz CT molecular complexity index is 1160. The molecule has 0 radical (unpaired) electrons. The van der Waals surface area contributed by atoms with Crippen molar-refractivity contribution in [2.75, 3.05) is 17.3 Å². The monoisotopic (exact) mass is 452 g/mol. The van der Waals surface area contributed by atoms with Crippen molar-refractivity contribution < 1.29 is 4.79 Å². The van der Waals surface area contributed by atoms with Crippen molar-refractivity contribution in [3.8, 4) is 5.69 Å². The molecule has 0 spiro atoms. The fourth-order valence-electron chi connectivity index (χ4n) is 4.73. The summed E-state index contributed by atoms with van der Waals surface area (Å²) in [6.07, 6.45) is 9.18. The maximum atomic E-state index is 11.9. The highest BCUT2D eigenvalue weighted by atomic mass is 35.5. The van der Waals surface area contributed by atoms with Crippen LogP contribution in [0, 0.1) is 0 Å². The van der Waals surface area contributed by atoms with Crippen LogP contribution in [0.5, 0.6) is 0 Å². The number of carbonyl (C=O) groups excluding carboxylic acids is 1. The van der Waals surface area contributed by atoms with E-state index < -0.39 is 0 Å². The SMILES string of the molecule is CC[C@@H]1c2nncn2-c2cnc(Nc3ccc(C(=O)NC)cc3Cl)nc2N1C1CCCC1. The minimum Gasteiger partial charge on any atom is -0.355 e. The summed E-state index contributed by atoms with van der Waals surface area (Å²) in [5.74, 6) is 2.08. The first-order valence-corrected chi connectivity index (χ1v) is 11.3. The van der Waals surface area contributed by atoms with Crippen LogP contribution >= 0.6 is 11.6 Å². The van der Waals surface area contributed by atoms with Gasteiger partial charge in [-0.15, -0.1) is 10.2 Å². The highest BCUT2D eigenvalue weighted by Crippen LogP contribution is 2.42. The second-order valence-corrected chi connectivity index (χ2v) is 8.54. The highest BCUT2D eigenvalue weighted by molar-refractivity contribution is 6.33. The molecule has 2 aromatic heterocycles. The Hall–Kier alpha value is -3.20. The van der Waals surface area contributed by atoms with Gasteiger partial charge in [0.25, 0.3) is 5.91 Å². The molecule has 9 nitrogen and oxygen atoms in total. The van der Waals surface area contributed by atoms with Crippen molar-refractivity contribution in [1.29, 1.82) is 0 Å². The maximum absolute atomic E-state index is 11.9. The molecular formula is C22H25ClN8O. The molecule has 3 heterocycles. The second-order valence-electron chi connectivity index (χ2n) is 8.13. The lowest BCUT2D eigenvalue weighted by molar-refractivity contribution is 0.0963. The highest BCUT2D eigenvalue weighted by Gasteiger charge is 2.38. The van der Waals surface area contributed by atoms with Gasteiger partial charge in [-0.3, -0.25) is 9.36 Å². The molecule has 1 aliphatic heterocycles. The number of rotatable bonds is 5. The number of anilines is 3. The number of carbonyl (C=O) groups is 1. The molecule has 0 unspecified atom stereocenters. The van der Waals surface area contributed by atoms with E-state index in [9.17, 15) is 4.79 Å². The van der Waals surface area contributed by atoms with Crippen LogP contribution in [-0.4, -0.2) is 43.7 Å². The quantitative estimate of drug-likeness (QED) is 0.602. The summed E-state index contributed by atoms with van der Waals surface area (Å²) in [5, 5.41) is 14.8. The topological polar surface area (TPSA) is 101 Å². The Morgan fingerprint density at radius 3 is 2.81 bits per heavy atom. The molecule has 10 heteroatoms. The molecule has 1 amide bonds. The van der Waals surface area contributed by atoms with Crippen LogP contribution in [0.3, 0.4) is 0 Å². The van der Waals surface area contributed by atoms with Crippen LogP contribution in [0.2, 0.25) is 5.02 Å². The van der Waals surface area contributed by atoms with E-state index in [0.29, 0.717) is 28.3 Å². The maximum Gasteiger partial charge on any atom is 0.251 e. The standard InChI is InChI=1S/C22H25ClN8O/c1-3-17-20-29-26-12-30(20)18-11-25-22(28-19(18)31(17)14-6-4-5-7-14)27-16-9-8-13(10-15(16)23)21(32)24-2/h8-12,14,17H,3-7H2,1-2H3,(H,24,32)(H,25,27,28)/t17-/m1/s1. The molecular weight excluding hydrogens is 428 g/mol. The molecule has 1 saturated carbocycles. The van der Waals surface area contributed by atoms with Crippen molar-refractivity contribution in [2.24, 2.45) is 0 Å². The van der Waals surface area contributed by atoms with Gasteiger partial charge in [0.2, 0.25) is 5.95 Å². The minimum absolute atomic E-state index is 0.117. The number of nitrogens with zero attached hydrogens (tertiary/aromatic N) is 6. The van der Waals surface area contributed by atoms with E-state index in [1.807, 2.05) is 4.57 Å². The Balaban J connectivity index is 1.53. The average molecular weight is 453 g/mol. The Morgan fingerprint density at radius 1 is 1.28 bits per heavy atom. The molecule has 1 fully saturated rings. The molecule has 0 bridgehead atoms. The molecule has 1 atom stereocenters. The zero-order valence-corrected chi connectivity index (χ0v) is 18.8. The summed E-state index contributed by atoms with van der Waals surface area (Å²) >= 11 is 6.42. The molecule has 0 saturated heterocycles. The fourth-order valence-corrected chi connectivity index (χ4v) is 4.95. The van der Waals surface area contributed by atoms with Crippen LogP contribution in [0.1, 0.15) is 61.3 Å². The summed E-state index contributed by atoms with van der Waals surface area (Å²) in [7, 11) is 1.59. The van der Waals surface area contributed by atoms with E-state index in [2.05, 4.69) is 37.6 Å². The molecule has 1 aromatic carbocycles. The first kappa shape index (κ1) is 20.7. The summed E-state index contributed by atoms with van der Waals surface area (Å²) in [5.41, 5.74) is 2.01. The lowest BCUT2D eigenvalue weighted by atomic mass is 10.0. The number of nitrogens with one attached hydrogen (secondary N) is 2. The van der Waals surface area contributed by atoms with Crippen molar-refractivity contribution in [3.63, 3.8) is 0 Å². The third kappa shape index (κ3) is 3.46. The number of halogens is 1. The number of amides is 1. The van der Waals surface area contributed by atoms with Gasteiger partial charge in [0, 0.05) is 18.7 Å². The first-order chi connectivity index (χ1) is 15.6. The van der Waals surface area contributed by atoms with Crippen molar-refractivity contribution in [2.45, 2.75) is 51.1 Å². The van der Waals surface area contributed by atoms with Crippen LogP contribution in [0.4, 0.5) is 17.5 Å². The molecule has 2 N–H and O–H groups in total. The fraction of sp³-hybridized carbons (Fsp3) is 0.409.